The van der Waals surface area contributed by atoms with E-state index in [-0.39, 0.29) is 37.3 Å². The Balaban J connectivity index is 3.10. The zero-order valence-electron chi connectivity index (χ0n) is 12.6. The van der Waals surface area contributed by atoms with Crippen molar-refractivity contribution >= 4 is 10.0 Å². The molecule has 0 aromatic heterocycles. The average molecular weight is 317 g/mol. The van der Waals surface area contributed by atoms with Crippen molar-refractivity contribution in [2.75, 3.05) is 26.3 Å². The van der Waals surface area contributed by atoms with Gasteiger partial charge in [0.1, 0.15) is 5.75 Å². The molecule has 0 saturated heterocycles. The van der Waals surface area contributed by atoms with E-state index in [0.717, 1.165) is 9.87 Å². The van der Waals surface area contributed by atoms with Crippen molar-refractivity contribution in [2.24, 2.45) is 0 Å². The number of rotatable bonds is 8. The van der Waals surface area contributed by atoms with Crippen LogP contribution in [0.15, 0.2) is 23.1 Å². The predicted octanol–water partition coefficient (Wildman–Crippen LogP) is 0.758. The summed E-state index contributed by atoms with van der Waals surface area (Å²) in [5, 5.41) is 17.9. The van der Waals surface area contributed by atoms with Crippen LogP contribution in [0, 0.1) is 6.92 Å². The molecule has 0 fully saturated rings. The summed E-state index contributed by atoms with van der Waals surface area (Å²) in [6, 6.07) is 4.63. The Kier molecular flexibility index (Phi) is 6.60. The SMILES string of the molecule is Cc1cc(S(=O)(=O)N(CCO)CCO)ccc1OC(C)C. The number of sulfonamides is 1. The molecule has 0 bridgehead atoms. The third-order valence-corrected chi connectivity index (χ3v) is 4.74. The van der Waals surface area contributed by atoms with E-state index in [0.29, 0.717) is 5.75 Å². The molecule has 0 radical (unpaired) electrons. The number of hydrogen-bond acceptors (Lipinski definition) is 5. The Morgan fingerprint density at radius 2 is 1.76 bits per heavy atom. The summed E-state index contributed by atoms with van der Waals surface area (Å²) in [7, 11) is -3.74. The Labute approximate surface area is 126 Å². The third kappa shape index (κ3) is 4.67. The molecule has 0 atom stereocenters. The van der Waals surface area contributed by atoms with Crippen molar-refractivity contribution < 1.29 is 23.4 Å². The van der Waals surface area contributed by atoms with Crippen LogP contribution in [0.1, 0.15) is 19.4 Å². The Morgan fingerprint density at radius 1 is 1.19 bits per heavy atom. The van der Waals surface area contributed by atoms with E-state index >= 15 is 0 Å². The fourth-order valence-corrected chi connectivity index (χ4v) is 3.40. The number of aliphatic hydroxyl groups is 2. The van der Waals surface area contributed by atoms with E-state index in [1.165, 1.54) is 12.1 Å². The molecule has 0 heterocycles. The van der Waals surface area contributed by atoms with Crippen molar-refractivity contribution in [3.05, 3.63) is 23.8 Å². The first kappa shape index (κ1) is 17.9. The molecule has 0 saturated carbocycles. The van der Waals surface area contributed by atoms with Crippen LogP contribution in [0.3, 0.4) is 0 Å². The van der Waals surface area contributed by atoms with E-state index in [1.54, 1.807) is 13.0 Å². The summed E-state index contributed by atoms with van der Waals surface area (Å²) in [4.78, 5) is 0.123. The van der Waals surface area contributed by atoms with Gasteiger partial charge < -0.3 is 14.9 Å². The lowest BCUT2D eigenvalue weighted by Gasteiger charge is -2.21. The van der Waals surface area contributed by atoms with Gasteiger partial charge in [0, 0.05) is 13.1 Å². The fourth-order valence-electron chi connectivity index (χ4n) is 1.89. The first-order valence-electron chi connectivity index (χ1n) is 6.82. The average Bonchev–Trinajstić information content (AvgIpc) is 2.40. The van der Waals surface area contributed by atoms with Crippen LogP contribution >= 0.6 is 0 Å². The Morgan fingerprint density at radius 3 is 2.19 bits per heavy atom. The van der Waals surface area contributed by atoms with Gasteiger partial charge in [-0.1, -0.05) is 0 Å². The summed E-state index contributed by atoms with van der Waals surface area (Å²) in [6.07, 6.45) is 0.00596. The third-order valence-electron chi connectivity index (χ3n) is 2.85. The van der Waals surface area contributed by atoms with Crippen LogP contribution in [0.5, 0.6) is 5.75 Å². The molecule has 0 spiro atoms. The van der Waals surface area contributed by atoms with Gasteiger partial charge in [-0.15, -0.1) is 0 Å². The normalized spacial score (nSPS) is 12.1. The van der Waals surface area contributed by atoms with Crippen LogP contribution in [-0.2, 0) is 10.0 Å². The van der Waals surface area contributed by atoms with Gasteiger partial charge in [0.15, 0.2) is 0 Å². The smallest absolute Gasteiger partial charge is 0.243 e. The van der Waals surface area contributed by atoms with E-state index < -0.39 is 10.0 Å². The maximum atomic E-state index is 12.5. The summed E-state index contributed by atoms with van der Waals surface area (Å²) in [6.45, 7) is 4.87. The molecule has 0 aliphatic heterocycles. The molecule has 1 aromatic rings. The van der Waals surface area contributed by atoms with Crippen molar-refractivity contribution in [3.8, 4) is 5.75 Å². The van der Waals surface area contributed by atoms with Gasteiger partial charge in [0.05, 0.1) is 24.2 Å². The van der Waals surface area contributed by atoms with Crippen LogP contribution in [0.4, 0.5) is 0 Å². The zero-order valence-corrected chi connectivity index (χ0v) is 13.4. The van der Waals surface area contributed by atoms with E-state index in [1.807, 2.05) is 13.8 Å². The molecule has 6 nitrogen and oxygen atoms in total. The van der Waals surface area contributed by atoms with Gasteiger partial charge in [-0.3, -0.25) is 0 Å². The fraction of sp³-hybridized carbons (Fsp3) is 0.571. The van der Waals surface area contributed by atoms with Crippen LogP contribution in [0.2, 0.25) is 0 Å². The van der Waals surface area contributed by atoms with Gasteiger partial charge in [-0.05, 0) is 44.5 Å². The monoisotopic (exact) mass is 317 g/mol. The molecule has 2 N–H and O–H groups in total. The van der Waals surface area contributed by atoms with Crippen LogP contribution < -0.4 is 4.74 Å². The summed E-state index contributed by atoms with van der Waals surface area (Å²) >= 11 is 0. The standard InChI is InChI=1S/C14H23NO5S/c1-11(2)20-14-5-4-13(10-12(14)3)21(18,19)15(6-8-16)7-9-17/h4-5,10-11,16-17H,6-9H2,1-3H3. The molecule has 0 aliphatic carbocycles. The molecule has 1 rings (SSSR count). The van der Waals surface area contributed by atoms with Crippen LogP contribution in [-0.4, -0.2) is 55.3 Å². The number of aliphatic hydroxyl groups excluding tert-OH is 2. The lowest BCUT2D eigenvalue weighted by Crippen LogP contribution is -2.35. The van der Waals surface area contributed by atoms with Crippen molar-refractivity contribution in [1.82, 2.24) is 4.31 Å². The maximum Gasteiger partial charge on any atom is 0.243 e. The van der Waals surface area contributed by atoms with Gasteiger partial charge in [-0.2, -0.15) is 4.31 Å². The van der Waals surface area contributed by atoms with Crippen molar-refractivity contribution in [2.45, 2.75) is 31.8 Å². The second-order valence-corrected chi connectivity index (χ2v) is 6.88. The van der Waals surface area contributed by atoms with Gasteiger partial charge >= 0.3 is 0 Å². The van der Waals surface area contributed by atoms with Gasteiger partial charge in [0.2, 0.25) is 10.0 Å². The largest absolute Gasteiger partial charge is 0.491 e. The van der Waals surface area contributed by atoms with Crippen molar-refractivity contribution in [3.63, 3.8) is 0 Å². The summed E-state index contributed by atoms with van der Waals surface area (Å²) in [5.74, 6) is 0.639. The number of ether oxygens (including phenoxy) is 1. The summed E-state index contributed by atoms with van der Waals surface area (Å²) < 4.78 is 31.6. The highest BCUT2D eigenvalue weighted by molar-refractivity contribution is 7.89. The van der Waals surface area contributed by atoms with Gasteiger partial charge in [-0.25, -0.2) is 8.42 Å². The highest BCUT2D eigenvalue weighted by Gasteiger charge is 2.24. The lowest BCUT2D eigenvalue weighted by atomic mass is 10.2. The second-order valence-electron chi connectivity index (χ2n) is 4.95. The topological polar surface area (TPSA) is 87.1 Å². The molecule has 0 amide bonds. The van der Waals surface area contributed by atoms with E-state index in [9.17, 15) is 8.42 Å². The molecule has 0 unspecified atom stereocenters. The highest BCUT2D eigenvalue weighted by Crippen LogP contribution is 2.24. The molecular formula is C14H23NO5S. The Hall–Kier alpha value is -1.15. The Bertz CT molecular complexity index is 550. The highest BCUT2D eigenvalue weighted by atomic mass is 32.2. The number of aryl methyl sites for hydroxylation is 1. The minimum atomic E-state index is -3.74. The first-order valence-corrected chi connectivity index (χ1v) is 8.26. The minimum Gasteiger partial charge on any atom is -0.491 e. The summed E-state index contributed by atoms with van der Waals surface area (Å²) in [5.41, 5.74) is 0.720. The van der Waals surface area contributed by atoms with Crippen molar-refractivity contribution in [1.29, 1.82) is 0 Å². The van der Waals surface area contributed by atoms with Crippen LogP contribution in [0.25, 0.3) is 0 Å². The molecule has 0 aliphatic rings. The molecular weight excluding hydrogens is 294 g/mol. The lowest BCUT2D eigenvalue weighted by molar-refractivity contribution is 0.217. The van der Waals surface area contributed by atoms with Gasteiger partial charge in [0.25, 0.3) is 0 Å². The predicted molar refractivity (Wildman–Crippen MR) is 79.9 cm³/mol. The van der Waals surface area contributed by atoms with E-state index in [4.69, 9.17) is 14.9 Å². The quantitative estimate of drug-likeness (QED) is 0.739. The minimum absolute atomic E-state index is 0.00596. The van der Waals surface area contributed by atoms with E-state index in [2.05, 4.69) is 0 Å². The molecule has 1 aromatic carbocycles. The number of nitrogens with zero attached hydrogens (tertiary/aromatic N) is 1. The first-order chi connectivity index (χ1) is 9.82. The number of benzene rings is 1. The number of hydrogen-bond donors (Lipinski definition) is 2. The maximum absolute atomic E-state index is 12.5. The second kappa shape index (κ2) is 7.74. The molecule has 21 heavy (non-hydrogen) atoms. The molecule has 120 valence electrons. The zero-order chi connectivity index (χ0) is 16.0. The molecule has 7 heteroatoms.